The summed E-state index contributed by atoms with van der Waals surface area (Å²) >= 11 is 0. The monoisotopic (exact) mass is 724 g/mol. The first-order chi connectivity index (χ1) is 26.4. The van der Waals surface area contributed by atoms with Crippen LogP contribution in [0.1, 0.15) is 116 Å². The van der Waals surface area contributed by atoms with Crippen LogP contribution in [0.3, 0.4) is 0 Å². The summed E-state index contributed by atoms with van der Waals surface area (Å²) in [6.07, 6.45) is 9.18. The van der Waals surface area contributed by atoms with Gasteiger partial charge >= 0.3 is 0 Å². The summed E-state index contributed by atoms with van der Waals surface area (Å²) in [5, 5.41) is 0. The van der Waals surface area contributed by atoms with Crippen LogP contribution in [0, 0.1) is 31.6 Å². The molecule has 5 heterocycles. The molecule has 55 heavy (non-hydrogen) atoms. The van der Waals surface area contributed by atoms with Gasteiger partial charge in [-0.2, -0.15) is 0 Å². The zero-order chi connectivity index (χ0) is 38.3. The number of hydrogen-bond donors (Lipinski definition) is 2. The maximum Gasteiger partial charge on any atom is 0.182 e. The van der Waals surface area contributed by atoms with Crippen LogP contribution < -0.4 is 0 Å². The number of aromatic amines is 2. The lowest BCUT2D eigenvalue weighted by molar-refractivity contribution is -0.116. The molecule has 6 heteroatoms. The van der Waals surface area contributed by atoms with Gasteiger partial charge in [-0.25, -0.2) is 9.97 Å². The van der Waals surface area contributed by atoms with Crippen molar-refractivity contribution in [3.8, 4) is 11.1 Å². The lowest BCUT2D eigenvalue weighted by atomic mass is 9.65. The average Bonchev–Trinajstić information content (AvgIpc) is 3.23. The lowest BCUT2D eigenvalue weighted by Crippen LogP contribution is -2.33. The van der Waals surface area contributed by atoms with Gasteiger partial charge in [-0.05, 0) is 189 Å². The number of benzene rings is 1. The Kier molecular flexibility index (Phi) is 7.19. The second kappa shape index (κ2) is 11.6. The normalized spacial score (nSPS) is 22.6. The zero-order valence-electron chi connectivity index (χ0n) is 33.3. The standard InChI is InChI=1S/C49H48N4O2/c1-9-33-28(7)39-16-37-24(3)26(5)46(52-37)45(47-27(6)25(4)38(53-47)17-40-29(8)34(10-2)42(51-40)18-41(33)50-39)30-11-12-31-19-48-21-35-36(44(55)14-13-43(35)54)22-49(48,23-48)20-32(31)15-30/h11-18,50,52H,9-10,19-23H2,1-8H3/t48-,49+/m1/s1. The van der Waals surface area contributed by atoms with Crippen molar-refractivity contribution in [1.29, 1.82) is 0 Å². The summed E-state index contributed by atoms with van der Waals surface area (Å²) in [5.41, 5.74) is 24.9. The molecule has 1 saturated carbocycles. The van der Waals surface area contributed by atoms with Gasteiger partial charge in [-0.3, -0.25) is 9.59 Å². The van der Waals surface area contributed by atoms with Gasteiger partial charge in [0.15, 0.2) is 11.6 Å². The minimum atomic E-state index is 0.0284. The van der Waals surface area contributed by atoms with Gasteiger partial charge in [0.1, 0.15) is 0 Å². The molecule has 10 rings (SSSR count). The molecule has 1 fully saturated rings. The first-order valence-corrected chi connectivity index (χ1v) is 20.1. The van der Waals surface area contributed by atoms with E-state index in [0.29, 0.717) is 6.42 Å². The summed E-state index contributed by atoms with van der Waals surface area (Å²) in [4.78, 5) is 44.4. The van der Waals surface area contributed by atoms with Gasteiger partial charge in [0.25, 0.3) is 0 Å². The molecule has 1 aromatic carbocycles. The molecule has 0 spiro atoms. The number of carbonyl (C=O) groups is 2. The number of fused-ring (bicyclic) bond motifs is 9. The van der Waals surface area contributed by atoms with Gasteiger partial charge in [0, 0.05) is 33.3 Å². The molecule has 4 aliphatic carbocycles. The number of rotatable bonds is 3. The number of ketones is 2. The number of hydrogen-bond acceptors (Lipinski definition) is 4. The molecule has 2 aliphatic heterocycles. The summed E-state index contributed by atoms with van der Waals surface area (Å²) in [7, 11) is 0. The van der Waals surface area contributed by atoms with E-state index in [9.17, 15) is 9.59 Å². The smallest absolute Gasteiger partial charge is 0.182 e. The fourth-order valence-corrected chi connectivity index (χ4v) is 11.0. The van der Waals surface area contributed by atoms with Crippen molar-refractivity contribution in [2.24, 2.45) is 10.8 Å². The van der Waals surface area contributed by atoms with Crippen LogP contribution in [-0.2, 0) is 28.9 Å². The molecule has 0 unspecified atom stereocenters. The van der Waals surface area contributed by atoms with E-state index < -0.39 is 0 Å². The Bertz CT molecular complexity index is 2810. The van der Waals surface area contributed by atoms with Crippen molar-refractivity contribution in [3.05, 3.63) is 116 Å². The maximum absolute atomic E-state index is 13.0. The Morgan fingerprint density at radius 2 is 1.29 bits per heavy atom. The Morgan fingerprint density at radius 3 is 1.98 bits per heavy atom. The van der Waals surface area contributed by atoms with E-state index >= 15 is 0 Å². The Labute approximate surface area is 322 Å². The SMILES string of the molecule is CCC1=C(C)c2cc3nc(c(-c4ccc5c(c4)C[C@@]46CC7=C(C[C@]4(C5)C6)C(=O)C=CC7=O)c4[nH]c(cc5[nH]c(cc1n2)c(CC)c5C)c(C)c4C)C(C)=C3C. The number of nitrogens with zero attached hydrogens (tertiary/aromatic N) is 2. The van der Waals surface area contributed by atoms with Crippen LogP contribution in [0.4, 0.5) is 0 Å². The van der Waals surface area contributed by atoms with E-state index in [-0.39, 0.29) is 22.4 Å². The number of H-pyrrole nitrogens is 2. The van der Waals surface area contributed by atoms with E-state index in [4.69, 9.17) is 9.97 Å². The van der Waals surface area contributed by atoms with Crippen LogP contribution >= 0.6 is 0 Å². The highest BCUT2D eigenvalue weighted by molar-refractivity contribution is 6.20. The van der Waals surface area contributed by atoms with Crippen molar-refractivity contribution in [1.82, 2.24) is 19.9 Å². The summed E-state index contributed by atoms with van der Waals surface area (Å²) in [5.74, 6) is 0.0620. The quantitative estimate of drug-likeness (QED) is 0.206. The van der Waals surface area contributed by atoms with Gasteiger partial charge in [-0.15, -0.1) is 0 Å². The molecule has 0 saturated heterocycles. The Morgan fingerprint density at radius 1 is 0.618 bits per heavy atom. The number of aryl methyl sites for hydroxylation is 4. The molecule has 276 valence electrons. The first kappa shape index (κ1) is 34.2. The van der Waals surface area contributed by atoms with Crippen molar-refractivity contribution in [3.63, 3.8) is 0 Å². The van der Waals surface area contributed by atoms with Crippen molar-refractivity contribution in [2.75, 3.05) is 0 Å². The van der Waals surface area contributed by atoms with E-state index in [1.165, 1.54) is 67.8 Å². The minimum absolute atomic E-state index is 0.0284. The van der Waals surface area contributed by atoms with Crippen LogP contribution in [0.15, 0.2) is 59.7 Å². The predicted molar refractivity (Wildman–Crippen MR) is 223 cm³/mol. The molecule has 2 N–H and O–H groups in total. The van der Waals surface area contributed by atoms with E-state index in [1.807, 2.05) is 0 Å². The van der Waals surface area contributed by atoms with Crippen LogP contribution in [-0.4, -0.2) is 31.5 Å². The molecular weight excluding hydrogens is 677 g/mol. The molecule has 6 aliphatic rings. The number of aromatic nitrogens is 4. The molecule has 6 nitrogen and oxygen atoms in total. The minimum Gasteiger partial charge on any atom is -0.355 e. The number of allylic oxidation sites excluding steroid dienone is 8. The topological polar surface area (TPSA) is 91.5 Å². The maximum atomic E-state index is 13.0. The van der Waals surface area contributed by atoms with E-state index in [2.05, 4.69) is 102 Å². The van der Waals surface area contributed by atoms with Gasteiger partial charge in [-0.1, -0.05) is 32.0 Å². The highest BCUT2D eigenvalue weighted by Crippen LogP contribution is 2.76. The van der Waals surface area contributed by atoms with Crippen LogP contribution in [0.2, 0.25) is 0 Å². The molecular formula is C49H48N4O2. The average molecular weight is 725 g/mol. The molecule has 8 bridgehead atoms. The lowest BCUT2D eigenvalue weighted by Gasteiger charge is -2.38. The van der Waals surface area contributed by atoms with Crippen molar-refractivity contribution in [2.45, 2.75) is 100 Å². The predicted octanol–water partition coefficient (Wildman–Crippen LogP) is 11.0. The molecule has 0 radical (unpaired) electrons. The number of nitrogens with one attached hydrogen (secondary N) is 2. The van der Waals surface area contributed by atoms with Gasteiger partial charge in [0.05, 0.1) is 28.3 Å². The van der Waals surface area contributed by atoms with E-state index in [1.54, 1.807) is 0 Å². The largest absolute Gasteiger partial charge is 0.355 e. The highest BCUT2D eigenvalue weighted by Gasteiger charge is 2.70. The van der Waals surface area contributed by atoms with Crippen molar-refractivity contribution < 1.29 is 9.59 Å². The molecule has 2 atom stereocenters. The summed E-state index contributed by atoms with van der Waals surface area (Å²) in [6, 6.07) is 13.8. The van der Waals surface area contributed by atoms with Gasteiger partial charge < -0.3 is 9.97 Å². The fraction of sp³-hybridized carbons (Fsp3) is 0.347. The zero-order valence-corrected chi connectivity index (χ0v) is 33.3. The second-order valence-electron chi connectivity index (χ2n) is 17.3. The van der Waals surface area contributed by atoms with Crippen LogP contribution in [0.25, 0.3) is 55.5 Å². The highest BCUT2D eigenvalue weighted by atomic mass is 16.1. The van der Waals surface area contributed by atoms with Gasteiger partial charge in [0.2, 0.25) is 0 Å². The molecule has 3 aromatic heterocycles. The van der Waals surface area contributed by atoms with E-state index in [0.717, 1.165) is 106 Å². The Hall–Kier alpha value is -5.36. The first-order valence-electron chi connectivity index (χ1n) is 20.1. The van der Waals surface area contributed by atoms with Crippen LogP contribution in [0.5, 0.6) is 0 Å². The third kappa shape index (κ3) is 4.73. The third-order valence-corrected chi connectivity index (χ3v) is 14.6. The fourth-order valence-electron chi connectivity index (χ4n) is 11.0. The second-order valence-corrected chi connectivity index (χ2v) is 17.3. The summed E-state index contributed by atoms with van der Waals surface area (Å²) < 4.78 is 0. The Balaban J connectivity index is 1.22. The summed E-state index contributed by atoms with van der Waals surface area (Å²) in [6.45, 7) is 17.7. The van der Waals surface area contributed by atoms with Crippen molar-refractivity contribution >= 4 is 55.9 Å². The third-order valence-electron chi connectivity index (χ3n) is 14.6. The molecule has 4 aromatic rings. The number of carbonyl (C=O) groups excluding carboxylic acids is 2. The molecule has 0 amide bonds.